The van der Waals surface area contributed by atoms with Gasteiger partial charge in [0.2, 0.25) is 0 Å². The zero-order valence-electron chi connectivity index (χ0n) is 16.0. The summed E-state index contributed by atoms with van der Waals surface area (Å²) >= 11 is 1.40. The molecule has 0 amide bonds. The van der Waals surface area contributed by atoms with Gasteiger partial charge in [-0.2, -0.15) is 0 Å². The maximum Gasteiger partial charge on any atom is 0.358 e. The Hall–Kier alpha value is -2.99. The predicted octanol–water partition coefficient (Wildman–Crippen LogP) is 4.94. The highest BCUT2D eigenvalue weighted by atomic mass is 32.1. The summed E-state index contributed by atoms with van der Waals surface area (Å²) in [7, 11) is 1.53. The van der Waals surface area contributed by atoms with E-state index < -0.39 is 5.97 Å². The van der Waals surface area contributed by atoms with Gasteiger partial charge in [0.05, 0.1) is 7.11 Å². The molecule has 0 N–H and O–H groups in total. The van der Waals surface area contributed by atoms with Crippen LogP contribution in [0.3, 0.4) is 0 Å². The van der Waals surface area contributed by atoms with Crippen molar-refractivity contribution in [1.82, 2.24) is 4.98 Å². The number of methoxy groups -OCH3 is 1. The Morgan fingerprint density at radius 1 is 1.11 bits per heavy atom. The molecule has 28 heavy (non-hydrogen) atoms. The lowest BCUT2D eigenvalue weighted by Gasteiger charge is -2.10. The van der Waals surface area contributed by atoms with Gasteiger partial charge >= 0.3 is 5.97 Å². The molecule has 0 aliphatic carbocycles. The summed E-state index contributed by atoms with van der Waals surface area (Å²) in [6, 6.07) is 13.2. The molecule has 144 valence electrons. The largest absolute Gasteiger partial charge is 0.496 e. The van der Waals surface area contributed by atoms with Crippen molar-refractivity contribution in [1.29, 1.82) is 0 Å². The van der Waals surface area contributed by atoms with Crippen LogP contribution in [-0.2, 0) is 17.8 Å². The molecular weight excluding hydrogens is 374 g/mol. The van der Waals surface area contributed by atoms with E-state index in [-0.39, 0.29) is 18.1 Å². The third-order valence-corrected chi connectivity index (χ3v) is 5.26. The van der Waals surface area contributed by atoms with E-state index in [0.717, 1.165) is 17.0 Å². The third kappa shape index (κ3) is 4.46. The van der Waals surface area contributed by atoms with Crippen molar-refractivity contribution in [2.45, 2.75) is 26.9 Å². The van der Waals surface area contributed by atoms with Crippen LogP contribution in [0, 0.1) is 0 Å². The van der Waals surface area contributed by atoms with Gasteiger partial charge in [0.25, 0.3) is 0 Å². The van der Waals surface area contributed by atoms with Crippen LogP contribution in [0.25, 0.3) is 10.6 Å². The summed E-state index contributed by atoms with van der Waals surface area (Å²) < 4.78 is 10.7. The molecule has 2 aromatic carbocycles. The second kappa shape index (κ2) is 8.80. The number of Topliss-reactive ketones (excluding diaryl/α,β-unsaturated/α-hetero) is 1. The van der Waals surface area contributed by atoms with E-state index in [1.165, 1.54) is 30.9 Å². The fraction of sp³-hybridized carbons (Fsp3) is 0.227. The van der Waals surface area contributed by atoms with Gasteiger partial charge in [0.1, 0.15) is 17.4 Å². The lowest BCUT2D eigenvalue weighted by molar-refractivity contribution is 0.0464. The van der Waals surface area contributed by atoms with Gasteiger partial charge in [0.15, 0.2) is 11.5 Å². The minimum Gasteiger partial charge on any atom is -0.496 e. The van der Waals surface area contributed by atoms with Gasteiger partial charge in [-0.3, -0.25) is 4.79 Å². The molecular formula is C22H21NO4S. The maximum absolute atomic E-state index is 12.4. The molecule has 3 aromatic rings. The molecule has 0 unspecified atom stereocenters. The number of aryl methyl sites for hydroxylation is 1. The van der Waals surface area contributed by atoms with Crippen LogP contribution in [0.2, 0.25) is 0 Å². The molecule has 0 radical (unpaired) electrons. The minimum atomic E-state index is -0.511. The Morgan fingerprint density at radius 2 is 1.86 bits per heavy atom. The molecule has 0 aliphatic rings. The van der Waals surface area contributed by atoms with E-state index in [9.17, 15) is 9.59 Å². The van der Waals surface area contributed by atoms with Crippen molar-refractivity contribution in [3.05, 3.63) is 70.2 Å². The van der Waals surface area contributed by atoms with Gasteiger partial charge < -0.3 is 9.47 Å². The van der Waals surface area contributed by atoms with E-state index in [2.05, 4.69) is 24.0 Å². The standard InChI is InChI=1S/C22H21NO4S/c1-4-15-5-7-16(8-6-15)21-23-19(13-28-21)22(25)27-12-18-11-17(14(2)24)9-10-20(18)26-3/h5-11,13H,4,12H2,1-3H3. The normalized spacial score (nSPS) is 10.5. The number of ether oxygens (including phenoxy) is 2. The van der Waals surface area contributed by atoms with E-state index in [4.69, 9.17) is 9.47 Å². The summed E-state index contributed by atoms with van der Waals surface area (Å²) in [5, 5.41) is 2.46. The first-order valence-electron chi connectivity index (χ1n) is 8.91. The number of aromatic nitrogens is 1. The van der Waals surface area contributed by atoms with Crippen molar-refractivity contribution < 1.29 is 19.1 Å². The van der Waals surface area contributed by atoms with Crippen LogP contribution in [0.1, 0.15) is 45.8 Å². The molecule has 3 rings (SSSR count). The number of thiazole rings is 1. The van der Waals surface area contributed by atoms with Crippen LogP contribution in [0.4, 0.5) is 0 Å². The Kier molecular flexibility index (Phi) is 6.21. The summed E-state index contributed by atoms with van der Waals surface area (Å²) in [5.74, 6) is -0.01000. The highest BCUT2D eigenvalue weighted by Crippen LogP contribution is 2.25. The number of ketones is 1. The number of benzene rings is 2. The van der Waals surface area contributed by atoms with Crippen LogP contribution >= 0.6 is 11.3 Å². The lowest BCUT2D eigenvalue weighted by Crippen LogP contribution is -2.07. The highest BCUT2D eigenvalue weighted by Gasteiger charge is 2.15. The summed E-state index contributed by atoms with van der Waals surface area (Å²) in [5.41, 5.74) is 3.66. The third-order valence-electron chi connectivity index (χ3n) is 4.37. The minimum absolute atomic E-state index is 0.00117. The van der Waals surface area contributed by atoms with Crippen molar-refractivity contribution in [2.24, 2.45) is 0 Å². The SMILES string of the molecule is CCc1ccc(-c2nc(C(=O)OCc3cc(C(C)=O)ccc3OC)cs2)cc1. The Morgan fingerprint density at radius 3 is 2.50 bits per heavy atom. The second-order valence-electron chi connectivity index (χ2n) is 6.25. The molecule has 0 aliphatic heterocycles. The van der Waals surface area contributed by atoms with Crippen LogP contribution in [0.5, 0.6) is 5.75 Å². The van der Waals surface area contributed by atoms with E-state index in [1.54, 1.807) is 23.6 Å². The first-order chi connectivity index (χ1) is 13.5. The van der Waals surface area contributed by atoms with Gasteiger partial charge in [0, 0.05) is 22.1 Å². The van der Waals surface area contributed by atoms with Crippen molar-refractivity contribution >= 4 is 23.1 Å². The molecule has 0 spiro atoms. The second-order valence-corrected chi connectivity index (χ2v) is 7.11. The van der Waals surface area contributed by atoms with Crippen LogP contribution < -0.4 is 4.74 Å². The van der Waals surface area contributed by atoms with Gasteiger partial charge in [-0.15, -0.1) is 11.3 Å². The van der Waals surface area contributed by atoms with E-state index in [1.807, 2.05) is 12.1 Å². The topological polar surface area (TPSA) is 65.5 Å². The average Bonchev–Trinajstić information content (AvgIpc) is 3.22. The maximum atomic E-state index is 12.4. The van der Waals surface area contributed by atoms with Crippen molar-refractivity contribution in [3.63, 3.8) is 0 Å². The number of nitrogens with zero attached hydrogens (tertiary/aromatic N) is 1. The first kappa shape index (κ1) is 19.8. The Balaban J connectivity index is 1.71. The number of carbonyl (C=O) groups is 2. The molecule has 0 bridgehead atoms. The monoisotopic (exact) mass is 395 g/mol. The van der Waals surface area contributed by atoms with E-state index >= 15 is 0 Å². The number of carbonyl (C=O) groups excluding carboxylic acids is 2. The van der Waals surface area contributed by atoms with Gasteiger partial charge in [-0.25, -0.2) is 9.78 Å². The molecule has 1 heterocycles. The zero-order valence-corrected chi connectivity index (χ0v) is 16.8. The zero-order chi connectivity index (χ0) is 20.1. The molecule has 0 fully saturated rings. The summed E-state index contributed by atoms with van der Waals surface area (Å²) in [6.07, 6.45) is 0.976. The van der Waals surface area contributed by atoms with Crippen molar-refractivity contribution in [3.8, 4) is 16.3 Å². The van der Waals surface area contributed by atoms with Crippen LogP contribution in [-0.4, -0.2) is 23.8 Å². The van der Waals surface area contributed by atoms with Gasteiger partial charge in [-0.05, 0) is 37.1 Å². The summed E-state index contributed by atoms with van der Waals surface area (Å²) in [4.78, 5) is 28.4. The molecule has 0 atom stereocenters. The van der Waals surface area contributed by atoms with Gasteiger partial charge in [-0.1, -0.05) is 31.2 Å². The van der Waals surface area contributed by atoms with E-state index in [0.29, 0.717) is 16.9 Å². The lowest BCUT2D eigenvalue weighted by atomic mass is 10.1. The van der Waals surface area contributed by atoms with Crippen molar-refractivity contribution in [2.75, 3.05) is 7.11 Å². The average molecular weight is 395 g/mol. The Labute approximate surface area is 168 Å². The molecule has 0 saturated carbocycles. The number of rotatable bonds is 7. The molecule has 5 nitrogen and oxygen atoms in total. The summed E-state index contributed by atoms with van der Waals surface area (Å²) in [6.45, 7) is 3.59. The fourth-order valence-corrected chi connectivity index (χ4v) is 3.51. The smallest absolute Gasteiger partial charge is 0.358 e. The molecule has 0 saturated heterocycles. The first-order valence-corrected chi connectivity index (χ1v) is 9.79. The highest BCUT2D eigenvalue weighted by molar-refractivity contribution is 7.13. The predicted molar refractivity (Wildman–Crippen MR) is 109 cm³/mol. The molecule has 1 aromatic heterocycles. The fourth-order valence-electron chi connectivity index (χ4n) is 2.71. The quantitative estimate of drug-likeness (QED) is 0.419. The Bertz CT molecular complexity index is 992. The number of hydrogen-bond donors (Lipinski definition) is 0. The number of hydrogen-bond acceptors (Lipinski definition) is 6. The number of esters is 1. The molecule has 6 heteroatoms. The van der Waals surface area contributed by atoms with Crippen LogP contribution in [0.15, 0.2) is 47.8 Å².